The number of carbonyl (C=O) groups is 1. The highest BCUT2D eigenvalue weighted by atomic mass is 35.5. The van der Waals surface area contributed by atoms with Crippen LogP contribution in [0.2, 0.25) is 0 Å². The second-order valence-electron chi connectivity index (χ2n) is 3.50. The Morgan fingerprint density at radius 1 is 1.39 bits per heavy atom. The molecular formula is C13H14ClNO3. The van der Waals surface area contributed by atoms with Crippen LogP contribution in [0.15, 0.2) is 43.0 Å². The number of nitrogens with one attached hydrogen (secondary N) is 1. The van der Waals surface area contributed by atoms with Crippen molar-refractivity contribution in [1.82, 2.24) is 5.32 Å². The molecule has 0 aliphatic carbocycles. The summed E-state index contributed by atoms with van der Waals surface area (Å²) in [7, 11) is 0. The number of hydrogen-bond donors (Lipinski definition) is 1. The Kier molecular flexibility index (Phi) is 5.27. The maximum absolute atomic E-state index is 11.3. The maximum atomic E-state index is 11.3. The fourth-order valence-corrected chi connectivity index (χ4v) is 1.45. The number of rotatable bonds is 4. The van der Waals surface area contributed by atoms with E-state index in [0.29, 0.717) is 6.54 Å². The molecule has 0 fully saturated rings. The molecule has 0 saturated carbocycles. The lowest BCUT2D eigenvalue weighted by atomic mass is 10.2. The van der Waals surface area contributed by atoms with Gasteiger partial charge in [-0.3, -0.25) is 4.79 Å². The predicted molar refractivity (Wildman–Crippen MR) is 71.0 cm³/mol. The summed E-state index contributed by atoms with van der Waals surface area (Å²) in [5, 5.41) is 2.76. The lowest BCUT2D eigenvalue weighted by molar-refractivity contribution is -0.116. The molecule has 0 unspecified atom stereocenters. The van der Waals surface area contributed by atoms with Crippen LogP contribution in [0.5, 0.6) is 11.5 Å². The summed E-state index contributed by atoms with van der Waals surface area (Å²) in [5.74, 6) is 1.31. The van der Waals surface area contributed by atoms with Crippen LogP contribution in [0, 0.1) is 0 Å². The van der Waals surface area contributed by atoms with Crippen LogP contribution in [-0.2, 0) is 11.3 Å². The average Bonchev–Trinajstić information content (AvgIpc) is 2.81. The largest absolute Gasteiger partial charge is 0.454 e. The normalized spacial score (nSPS) is 12.0. The molecule has 1 aliphatic heterocycles. The Labute approximate surface area is 112 Å². The fourth-order valence-electron chi connectivity index (χ4n) is 1.45. The van der Waals surface area contributed by atoms with Gasteiger partial charge in [-0.2, -0.15) is 0 Å². The van der Waals surface area contributed by atoms with Crippen molar-refractivity contribution < 1.29 is 14.3 Å². The molecule has 18 heavy (non-hydrogen) atoms. The van der Waals surface area contributed by atoms with E-state index in [-0.39, 0.29) is 25.1 Å². The van der Waals surface area contributed by atoms with E-state index in [1.54, 1.807) is 12.2 Å². The summed E-state index contributed by atoms with van der Waals surface area (Å²) in [6.45, 7) is 4.21. The summed E-state index contributed by atoms with van der Waals surface area (Å²) < 4.78 is 10.4. The van der Waals surface area contributed by atoms with Gasteiger partial charge in [-0.25, -0.2) is 0 Å². The molecular weight excluding hydrogens is 254 g/mol. The Bertz CT molecular complexity index is 471. The lowest BCUT2D eigenvalue weighted by Crippen LogP contribution is -2.20. The summed E-state index contributed by atoms with van der Waals surface area (Å²) in [5.41, 5.74) is 0.967. The number of amides is 1. The molecule has 1 heterocycles. The first-order valence-corrected chi connectivity index (χ1v) is 5.25. The van der Waals surface area contributed by atoms with Crippen molar-refractivity contribution in [2.45, 2.75) is 6.54 Å². The van der Waals surface area contributed by atoms with Gasteiger partial charge in [0.1, 0.15) is 0 Å². The third kappa shape index (κ3) is 3.53. The minimum Gasteiger partial charge on any atom is -0.454 e. The van der Waals surface area contributed by atoms with E-state index in [1.807, 2.05) is 18.2 Å². The minimum absolute atomic E-state index is 0. The van der Waals surface area contributed by atoms with Gasteiger partial charge < -0.3 is 14.8 Å². The first-order valence-electron chi connectivity index (χ1n) is 5.25. The number of fused-ring (bicyclic) bond motifs is 1. The van der Waals surface area contributed by atoms with Crippen molar-refractivity contribution in [2.75, 3.05) is 6.79 Å². The van der Waals surface area contributed by atoms with Gasteiger partial charge in [0.15, 0.2) is 11.5 Å². The van der Waals surface area contributed by atoms with Crippen molar-refractivity contribution in [1.29, 1.82) is 0 Å². The highest BCUT2D eigenvalue weighted by molar-refractivity contribution is 5.87. The fraction of sp³-hybridized carbons (Fsp3) is 0.154. The Morgan fingerprint density at radius 3 is 2.94 bits per heavy atom. The summed E-state index contributed by atoms with van der Waals surface area (Å²) in [6.07, 6.45) is 4.58. The van der Waals surface area contributed by atoms with Crippen LogP contribution in [0.25, 0.3) is 0 Å². The van der Waals surface area contributed by atoms with Gasteiger partial charge in [0, 0.05) is 12.6 Å². The number of allylic oxidation sites excluding steroid dienone is 2. The summed E-state index contributed by atoms with van der Waals surface area (Å²) in [6, 6.07) is 5.59. The van der Waals surface area contributed by atoms with Crippen LogP contribution in [-0.4, -0.2) is 12.7 Å². The molecule has 1 aromatic carbocycles. The highest BCUT2D eigenvalue weighted by Gasteiger charge is 2.12. The Hall–Kier alpha value is -1.94. The molecule has 1 amide bonds. The second kappa shape index (κ2) is 6.71. The van der Waals surface area contributed by atoms with Crippen molar-refractivity contribution in [3.8, 4) is 11.5 Å². The van der Waals surface area contributed by atoms with Gasteiger partial charge in [0.25, 0.3) is 0 Å². The topological polar surface area (TPSA) is 47.6 Å². The van der Waals surface area contributed by atoms with E-state index < -0.39 is 0 Å². The van der Waals surface area contributed by atoms with Crippen molar-refractivity contribution in [3.05, 3.63) is 48.6 Å². The molecule has 1 aromatic rings. The smallest absolute Gasteiger partial charge is 0.244 e. The molecule has 1 N–H and O–H groups in total. The molecule has 2 rings (SSSR count). The zero-order valence-corrected chi connectivity index (χ0v) is 10.5. The van der Waals surface area contributed by atoms with E-state index in [2.05, 4.69) is 11.9 Å². The van der Waals surface area contributed by atoms with Gasteiger partial charge in [-0.05, 0) is 17.7 Å². The van der Waals surface area contributed by atoms with Gasteiger partial charge in [0.05, 0.1) is 0 Å². The average molecular weight is 268 g/mol. The van der Waals surface area contributed by atoms with E-state index >= 15 is 0 Å². The molecule has 0 bridgehead atoms. The number of carbonyl (C=O) groups excluding carboxylic acids is 1. The van der Waals surface area contributed by atoms with Crippen LogP contribution in [0.1, 0.15) is 5.56 Å². The molecule has 96 valence electrons. The van der Waals surface area contributed by atoms with Crippen LogP contribution < -0.4 is 14.8 Å². The number of halogens is 1. The molecule has 0 radical (unpaired) electrons. The van der Waals surface area contributed by atoms with Crippen molar-refractivity contribution in [2.24, 2.45) is 0 Å². The standard InChI is InChI=1S/C13H13NO3.ClH/c1-2-3-4-13(15)14-8-10-5-6-11-12(7-10)17-9-16-11;/h2-7H,1,8-9H2,(H,14,15);1H. The van der Waals surface area contributed by atoms with Gasteiger partial charge >= 0.3 is 0 Å². The summed E-state index contributed by atoms with van der Waals surface area (Å²) in [4.78, 5) is 11.3. The second-order valence-corrected chi connectivity index (χ2v) is 3.50. The van der Waals surface area contributed by atoms with E-state index in [4.69, 9.17) is 9.47 Å². The van der Waals surface area contributed by atoms with Crippen molar-refractivity contribution >= 4 is 18.3 Å². The van der Waals surface area contributed by atoms with E-state index in [9.17, 15) is 4.79 Å². The maximum Gasteiger partial charge on any atom is 0.244 e. The monoisotopic (exact) mass is 267 g/mol. The zero-order valence-electron chi connectivity index (χ0n) is 9.72. The lowest BCUT2D eigenvalue weighted by Gasteiger charge is -2.03. The molecule has 5 heteroatoms. The SMILES string of the molecule is C=CC=CC(=O)NCc1ccc2c(c1)OCO2.Cl. The molecule has 0 atom stereocenters. The Morgan fingerprint density at radius 2 is 2.17 bits per heavy atom. The van der Waals surface area contributed by atoms with Crippen LogP contribution in [0.3, 0.4) is 0 Å². The van der Waals surface area contributed by atoms with Crippen LogP contribution in [0.4, 0.5) is 0 Å². The van der Waals surface area contributed by atoms with E-state index in [0.717, 1.165) is 17.1 Å². The number of hydrogen-bond acceptors (Lipinski definition) is 3. The third-order valence-corrected chi connectivity index (χ3v) is 2.29. The molecule has 0 spiro atoms. The predicted octanol–water partition coefficient (Wildman–Crippen LogP) is 2.20. The van der Waals surface area contributed by atoms with E-state index in [1.165, 1.54) is 6.08 Å². The zero-order chi connectivity index (χ0) is 12.1. The van der Waals surface area contributed by atoms with Gasteiger partial charge in [-0.15, -0.1) is 12.4 Å². The number of benzene rings is 1. The highest BCUT2D eigenvalue weighted by Crippen LogP contribution is 2.32. The van der Waals surface area contributed by atoms with Gasteiger partial charge in [0.2, 0.25) is 12.7 Å². The first kappa shape index (κ1) is 14.1. The quantitative estimate of drug-likeness (QED) is 0.672. The summed E-state index contributed by atoms with van der Waals surface area (Å²) >= 11 is 0. The molecule has 4 nitrogen and oxygen atoms in total. The Balaban J connectivity index is 0.00000162. The molecule has 0 saturated heterocycles. The van der Waals surface area contributed by atoms with Crippen molar-refractivity contribution in [3.63, 3.8) is 0 Å². The van der Waals surface area contributed by atoms with Crippen LogP contribution >= 0.6 is 12.4 Å². The molecule has 1 aliphatic rings. The first-order chi connectivity index (χ1) is 8.29. The molecule has 0 aromatic heterocycles. The minimum atomic E-state index is -0.150. The third-order valence-electron chi connectivity index (χ3n) is 2.29. The van der Waals surface area contributed by atoms with Gasteiger partial charge in [-0.1, -0.05) is 24.8 Å². The number of ether oxygens (including phenoxy) is 2.